The number of urea groups is 1. The first-order valence-electron chi connectivity index (χ1n) is 10.9. The average Bonchev–Trinajstić information content (AvgIpc) is 3.37. The molecule has 11 heteroatoms. The van der Waals surface area contributed by atoms with E-state index in [4.69, 9.17) is 0 Å². The lowest BCUT2D eigenvalue weighted by atomic mass is 10.0. The Morgan fingerprint density at radius 3 is 2.55 bits per heavy atom. The first-order chi connectivity index (χ1) is 14.9. The summed E-state index contributed by atoms with van der Waals surface area (Å²) in [6.07, 6.45) is 4.52. The Bertz CT molecular complexity index is 716. The smallest absolute Gasteiger partial charge is 0.326 e. The van der Waals surface area contributed by atoms with Crippen LogP contribution in [0.2, 0.25) is 0 Å². The third-order valence-electron chi connectivity index (χ3n) is 5.99. The molecular weight excluding hydrogens is 424 g/mol. The summed E-state index contributed by atoms with van der Waals surface area (Å²) in [6, 6.07) is -0.806. The Hall–Kier alpha value is -2.30. The lowest BCUT2D eigenvalue weighted by Crippen LogP contribution is -2.44. The Morgan fingerprint density at radius 1 is 1.10 bits per heavy atom. The molecule has 0 unspecified atom stereocenters. The number of carbonyl (C=O) groups excluding carboxylic acids is 4. The van der Waals surface area contributed by atoms with Gasteiger partial charge in [-0.2, -0.15) is 11.8 Å². The Labute approximate surface area is 185 Å². The lowest BCUT2D eigenvalue weighted by molar-refractivity contribution is -0.154. The highest BCUT2D eigenvalue weighted by Crippen LogP contribution is 2.33. The highest BCUT2D eigenvalue weighted by atomic mass is 32.2. The van der Waals surface area contributed by atoms with Crippen LogP contribution in [-0.2, 0) is 19.2 Å². The quantitative estimate of drug-likeness (QED) is 0.192. The van der Waals surface area contributed by atoms with Gasteiger partial charge in [-0.1, -0.05) is 6.42 Å². The number of carboxylic acids is 1. The van der Waals surface area contributed by atoms with Crippen LogP contribution in [0.3, 0.4) is 0 Å². The maximum absolute atomic E-state index is 12.0. The lowest BCUT2D eigenvalue weighted by Gasteiger charge is -2.22. The molecule has 0 aromatic carbocycles. The van der Waals surface area contributed by atoms with Crippen molar-refractivity contribution in [3.05, 3.63) is 0 Å². The zero-order valence-electron chi connectivity index (χ0n) is 17.4. The summed E-state index contributed by atoms with van der Waals surface area (Å²) in [4.78, 5) is 59.2. The molecule has 3 fully saturated rings. The van der Waals surface area contributed by atoms with Gasteiger partial charge in [-0.05, 0) is 32.1 Å². The van der Waals surface area contributed by atoms with Crippen LogP contribution in [0.15, 0.2) is 0 Å². The molecule has 172 valence electrons. The van der Waals surface area contributed by atoms with Crippen molar-refractivity contribution in [1.82, 2.24) is 20.9 Å². The molecule has 4 N–H and O–H groups in total. The van der Waals surface area contributed by atoms with Crippen LogP contribution in [0.1, 0.15) is 57.8 Å². The highest BCUT2D eigenvalue weighted by Gasteiger charge is 2.42. The van der Waals surface area contributed by atoms with Crippen LogP contribution >= 0.6 is 11.8 Å². The summed E-state index contributed by atoms with van der Waals surface area (Å²) in [5.74, 6) is -1.13. The molecule has 3 heterocycles. The molecule has 3 rings (SSSR count). The van der Waals surface area contributed by atoms with Gasteiger partial charge in [0.25, 0.3) is 0 Å². The van der Waals surface area contributed by atoms with Crippen molar-refractivity contribution in [1.29, 1.82) is 0 Å². The van der Waals surface area contributed by atoms with Crippen LogP contribution in [0.5, 0.6) is 0 Å². The zero-order valence-corrected chi connectivity index (χ0v) is 18.2. The molecule has 4 atom stereocenters. The molecule has 3 aliphatic rings. The van der Waals surface area contributed by atoms with E-state index in [2.05, 4.69) is 16.0 Å². The van der Waals surface area contributed by atoms with Crippen LogP contribution in [0, 0.1) is 0 Å². The van der Waals surface area contributed by atoms with Gasteiger partial charge in [-0.15, -0.1) is 0 Å². The standard InChI is InChI=1S/C20H30N4O6S/c25-15(7-2-1-6-14-18-12(11-31-14)22-20(30)23-18)21-10-4-3-5-13(19(28)29)24-16(26)8-9-17(24)27/h12-14,18H,1-11H2,(H,21,25)(H,28,29)(H2,22,23,30)/t12-,13-,14-,18-/m0/s1. The molecular formula is C20H30N4O6S. The second-order valence-corrected chi connectivity index (χ2v) is 9.50. The average molecular weight is 455 g/mol. The highest BCUT2D eigenvalue weighted by molar-refractivity contribution is 8.00. The van der Waals surface area contributed by atoms with Crippen molar-refractivity contribution in [2.45, 2.75) is 81.2 Å². The number of imide groups is 1. The maximum Gasteiger partial charge on any atom is 0.326 e. The molecule has 0 aliphatic carbocycles. The van der Waals surface area contributed by atoms with E-state index >= 15 is 0 Å². The number of hydrogen-bond donors (Lipinski definition) is 4. The number of rotatable bonds is 12. The van der Waals surface area contributed by atoms with Crippen molar-refractivity contribution in [3.63, 3.8) is 0 Å². The number of thioether (sulfide) groups is 1. The number of carbonyl (C=O) groups is 5. The first-order valence-corrected chi connectivity index (χ1v) is 11.9. The van der Waals surface area contributed by atoms with E-state index in [1.807, 2.05) is 11.8 Å². The van der Waals surface area contributed by atoms with E-state index < -0.39 is 23.8 Å². The number of nitrogens with one attached hydrogen (secondary N) is 3. The molecule has 0 bridgehead atoms. The fourth-order valence-electron chi connectivity index (χ4n) is 4.36. The summed E-state index contributed by atoms with van der Waals surface area (Å²) in [5.41, 5.74) is 0. The van der Waals surface area contributed by atoms with Crippen molar-refractivity contribution in [2.24, 2.45) is 0 Å². The molecule has 5 amide bonds. The topological polar surface area (TPSA) is 145 Å². The van der Waals surface area contributed by atoms with Crippen LogP contribution in [0.25, 0.3) is 0 Å². The number of likely N-dealkylation sites (tertiary alicyclic amines) is 1. The Morgan fingerprint density at radius 2 is 1.84 bits per heavy atom. The molecule has 0 radical (unpaired) electrons. The second kappa shape index (κ2) is 10.8. The van der Waals surface area contributed by atoms with Gasteiger partial charge in [0, 0.05) is 36.8 Å². The van der Waals surface area contributed by atoms with Crippen LogP contribution < -0.4 is 16.0 Å². The fourth-order valence-corrected chi connectivity index (χ4v) is 5.90. The molecule has 0 spiro atoms. The van der Waals surface area contributed by atoms with Crippen molar-refractivity contribution >= 4 is 41.5 Å². The number of amides is 5. The largest absolute Gasteiger partial charge is 0.480 e. The molecule has 0 aromatic rings. The van der Waals surface area contributed by atoms with Gasteiger partial charge in [0.2, 0.25) is 17.7 Å². The third-order valence-corrected chi connectivity index (χ3v) is 7.50. The summed E-state index contributed by atoms with van der Waals surface area (Å²) < 4.78 is 0. The molecule has 0 saturated carbocycles. The fraction of sp³-hybridized carbons (Fsp3) is 0.750. The minimum absolute atomic E-state index is 0.0347. The van der Waals surface area contributed by atoms with E-state index in [0.717, 1.165) is 29.9 Å². The number of aliphatic carboxylic acids is 1. The summed E-state index contributed by atoms with van der Waals surface area (Å²) >= 11 is 1.86. The predicted molar refractivity (Wildman–Crippen MR) is 113 cm³/mol. The monoisotopic (exact) mass is 454 g/mol. The third kappa shape index (κ3) is 6.11. The minimum atomic E-state index is -1.17. The molecule has 31 heavy (non-hydrogen) atoms. The van der Waals surface area contributed by atoms with Crippen LogP contribution in [0.4, 0.5) is 4.79 Å². The maximum atomic E-state index is 12.0. The zero-order chi connectivity index (χ0) is 22.4. The van der Waals surface area contributed by atoms with Crippen molar-refractivity contribution in [3.8, 4) is 0 Å². The van der Waals surface area contributed by atoms with E-state index in [1.165, 1.54) is 0 Å². The SMILES string of the molecule is O=C(CCCC[C@@H]1SC[C@@H]2NC(=O)N[C@@H]21)NCCCC[C@@H](C(=O)O)N1C(=O)CCC1=O. The van der Waals surface area contributed by atoms with Gasteiger partial charge in [-0.25, -0.2) is 9.59 Å². The second-order valence-electron chi connectivity index (χ2n) is 8.22. The minimum Gasteiger partial charge on any atom is -0.480 e. The predicted octanol–water partition coefficient (Wildman–Crippen LogP) is 0.601. The number of nitrogens with zero attached hydrogens (tertiary/aromatic N) is 1. The summed E-state index contributed by atoms with van der Waals surface area (Å²) in [5, 5.41) is 18.4. The Balaban J connectivity index is 1.24. The number of fused-ring (bicyclic) bond motifs is 1. The number of unbranched alkanes of at least 4 members (excludes halogenated alkanes) is 2. The van der Waals surface area contributed by atoms with E-state index in [1.54, 1.807) is 0 Å². The molecule has 10 nitrogen and oxygen atoms in total. The van der Waals surface area contributed by atoms with Gasteiger partial charge in [0.05, 0.1) is 12.1 Å². The van der Waals surface area contributed by atoms with Crippen molar-refractivity contribution < 1.29 is 29.1 Å². The number of carboxylic acid groups (broad SMARTS) is 1. The summed E-state index contributed by atoms with van der Waals surface area (Å²) in [6.45, 7) is 0.437. The van der Waals surface area contributed by atoms with Gasteiger partial charge in [0.15, 0.2) is 0 Å². The van der Waals surface area contributed by atoms with E-state index in [-0.39, 0.29) is 43.3 Å². The normalized spacial score (nSPS) is 25.9. The van der Waals surface area contributed by atoms with Gasteiger partial charge < -0.3 is 21.1 Å². The molecule has 3 aliphatic heterocycles. The first kappa shape index (κ1) is 23.4. The van der Waals surface area contributed by atoms with Crippen LogP contribution in [-0.4, -0.2) is 75.4 Å². The molecule has 3 saturated heterocycles. The molecule has 0 aromatic heterocycles. The van der Waals surface area contributed by atoms with E-state index in [9.17, 15) is 29.1 Å². The van der Waals surface area contributed by atoms with Gasteiger partial charge in [0.1, 0.15) is 6.04 Å². The van der Waals surface area contributed by atoms with E-state index in [0.29, 0.717) is 31.1 Å². The van der Waals surface area contributed by atoms with Gasteiger partial charge >= 0.3 is 12.0 Å². The Kier molecular flexibility index (Phi) is 8.16. The number of hydrogen-bond acceptors (Lipinski definition) is 6. The van der Waals surface area contributed by atoms with Gasteiger partial charge in [-0.3, -0.25) is 19.3 Å². The van der Waals surface area contributed by atoms with Crippen molar-refractivity contribution in [2.75, 3.05) is 12.3 Å². The summed E-state index contributed by atoms with van der Waals surface area (Å²) in [7, 11) is 0.